The minimum atomic E-state index is -0.549. The Labute approximate surface area is 120 Å². The molecule has 0 bridgehead atoms. The van der Waals surface area contributed by atoms with E-state index in [0.717, 1.165) is 11.3 Å². The Morgan fingerprint density at radius 1 is 1.35 bits per heavy atom. The number of hydrogen-bond acceptors (Lipinski definition) is 4. The number of aliphatic hydroxyl groups is 1. The van der Waals surface area contributed by atoms with Crippen molar-refractivity contribution in [3.8, 4) is 0 Å². The van der Waals surface area contributed by atoms with Crippen molar-refractivity contribution in [1.82, 2.24) is 5.32 Å². The fourth-order valence-corrected chi connectivity index (χ4v) is 1.84. The van der Waals surface area contributed by atoms with Gasteiger partial charge >= 0.3 is 6.09 Å². The van der Waals surface area contributed by atoms with Gasteiger partial charge in [-0.1, -0.05) is 18.2 Å². The first kappa shape index (κ1) is 16.3. The van der Waals surface area contributed by atoms with Gasteiger partial charge in [0.2, 0.25) is 0 Å². The Morgan fingerprint density at radius 2 is 2.00 bits per heavy atom. The Balaban J connectivity index is 2.65. The molecule has 5 heteroatoms. The number of rotatable bonds is 5. The summed E-state index contributed by atoms with van der Waals surface area (Å²) in [5.74, 6) is 0. The molecule has 1 amide bonds. The van der Waals surface area contributed by atoms with E-state index < -0.39 is 11.7 Å². The molecule has 0 heterocycles. The van der Waals surface area contributed by atoms with E-state index in [-0.39, 0.29) is 12.6 Å². The minimum Gasteiger partial charge on any atom is -0.444 e. The lowest BCUT2D eigenvalue weighted by molar-refractivity contribution is 0.0483. The molecule has 112 valence electrons. The number of ether oxygens (including phenoxy) is 1. The van der Waals surface area contributed by atoms with Crippen LogP contribution in [0.5, 0.6) is 0 Å². The molecule has 5 nitrogen and oxygen atoms in total. The third kappa shape index (κ3) is 5.48. The van der Waals surface area contributed by atoms with Crippen LogP contribution in [0.15, 0.2) is 24.3 Å². The van der Waals surface area contributed by atoms with Crippen molar-refractivity contribution >= 4 is 11.8 Å². The second-order valence-corrected chi connectivity index (χ2v) is 5.64. The predicted molar refractivity (Wildman–Crippen MR) is 79.9 cm³/mol. The van der Waals surface area contributed by atoms with Gasteiger partial charge in [-0.15, -0.1) is 0 Å². The molecule has 0 fully saturated rings. The van der Waals surface area contributed by atoms with E-state index in [4.69, 9.17) is 4.74 Å². The summed E-state index contributed by atoms with van der Waals surface area (Å²) in [4.78, 5) is 11.7. The first-order valence-electron chi connectivity index (χ1n) is 6.71. The lowest BCUT2D eigenvalue weighted by Gasteiger charge is -2.23. The van der Waals surface area contributed by atoms with Crippen molar-refractivity contribution in [2.24, 2.45) is 0 Å². The first-order valence-corrected chi connectivity index (χ1v) is 6.71. The van der Waals surface area contributed by atoms with Crippen molar-refractivity contribution in [3.63, 3.8) is 0 Å². The molecular formula is C15H24N2O3. The monoisotopic (exact) mass is 280 g/mol. The minimum absolute atomic E-state index is 0.142. The zero-order chi connectivity index (χ0) is 15.2. The second kappa shape index (κ2) is 7.14. The Kier molecular flexibility index (Phi) is 5.82. The van der Waals surface area contributed by atoms with Crippen molar-refractivity contribution in [3.05, 3.63) is 29.8 Å². The van der Waals surface area contributed by atoms with Crippen LogP contribution in [-0.4, -0.2) is 36.5 Å². The fraction of sp³-hybridized carbons (Fsp3) is 0.533. The molecule has 1 rings (SSSR count). The summed E-state index contributed by atoms with van der Waals surface area (Å²) >= 11 is 0. The summed E-state index contributed by atoms with van der Waals surface area (Å²) in [5, 5.41) is 15.2. The molecule has 1 aromatic carbocycles. The number of amides is 1. The largest absolute Gasteiger partial charge is 0.444 e. The normalized spacial score (nSPS) is 12.7. The van der Waals surface area contributed by atoms with E-state index in [2.05, 4.69) is 10.6 Å². The molecular weight excluding hydrogens is 256 g/mol. The van der Waals surface area contributed by atoms with Crippen molar-refractivity contribution in [2.75, 3.05) is 19.0 Å². The zero-order valence-electron chi connectivity index (χ0n) is 12.6. The van der Waals surface area contributed by atoms with Gasteiger partial charge in [-0.2, -0.15) is 0 Å². The summed E-state index contributed by atoms with van der Waals surface area (Å²) in [6.07, 6.45) is 0.0192. The number of benzene rings is 1. The lowest BCUT2D eigenvalue weighted by Crippen LogP contribution is -2.42. The van der Waals surface area contributed by atoms with Crippen LogP contribution in [0.2, 0.25) is 0 Å². The number of para-hydroxylation sites is 1. The number of nitrogens with one attached hydrogen (secondary N) is 2. The van der Waals surface area contributed by atoms with E-state index >= 15 is 0 Å². The Hall–Kier alpha value is -1.75. The molecule has 0 radical (unpaired) electrons. The van der Waals surface area contributed by atoms with Gasteiger partial charge in [0.05, 0.1) is 12.6 Å². The van der Waals surface area contributed by atoms with Crippen LogP contribution in [0.25, 0.3) is 0 Å². The third-order valence-corrected chi connectivity index (χ3v) is 2.69. The SMILES string of the molecule is CNc1ccccc1CC(CO)NC(=O)OC(C)(C)C. The van der Waals surface area contributed by atoms with E-state index in [9.17, 15) is 9.90 Å². The number of hydrogen-bond donors (Lipinski definition) is 3. The molecule has 1 aromatic rings. The van der Waals surface area contributed by atoms with Crippen LogP contribution in [-0.2, 0) is 11.2 Å². The molecule has 3 N–H and O–H groups in total. The highest BCUT2D eigenvalue weighted by atomic mass is 16.6. The third-order valence-electron chi connectivity index (χ3n) is 2.69. The smallest absolute Gasteiger partial charge is 0.407 e. The van der Waals surface area contributed by atoms with Crippen molar-refractivity contribution < 1.29 is 14.6 Å². The molecule has 0 spiro atoms. The highest BCUT2D eigenvalue weighted by Gasteiger charge is 2.19. The number of carbonyl (C=O) groups excluding carboxylic acids is 1. The van der Waals surface area contributed by atoms with Gasteiger partial charge in [-0.3, -0.25) is 0 Å². The number of anilines is 1. The molecule has 20 heavy (non-hydrogen) atoms. The maximum atomic E-state index is 11.7. The molecule has 0 aliphatic carbocycles. The van der Waals surface area contributed by atoms with Crippen LogP contribution in [0, 0.1) is 0 Å². The molecule has 0 saturated heterocycles. The van der Waals surface area contributed by atoms with E-state index in [1.807, 2.05) is 31.3 Å². The number of aliphatic hydroxyl groups excluding tert-OH is 1. The summed E-state index contributed by atoms with van der Waals surface area (Å²) in [5.41, 5.74) is 1.47. The van der Waals surface area contributed by atoms with E-state index in [0.29, 0.717) is 6.42 Å². The van der Waals surface area contributed by atoms with Crippen molar-refractivity contribution in [1.29, 1.82) is 0 Å². The number of alkyl carbamates (subject to hydrolysis) is 1. The Bertz CT molecular complexity index is 441. The van der Waals surface area contributed by atoms with Gasteiger partial charge in [0, 0.05) is 12.7 Å². The number of carbonyl (C=O) groups is 1. The van der Waals surface area contributed by atoms with Crippen LogP contribution in [0.1, 0.15) is 26.3 Å². The van der Waals surface area contributed by atoms with Crippen molar-refractivity contribution in [2.45, 2.75) is 38.8 Å². The van der Waals surface area contributed by atoms with Crippen LogP contribution in [0.3, 0.4) is 0 Å². The van der Waals surface area contributed by atoms with Gasteiger partial charge in [0.25, 0.3) is 0 Å². The zero-order valence-corrected chi connectivity index (χ0v) is 12.6. The van der Waals surface area contributed by atoms with Gasteiger partial charge in [0.1, 0.15) is 5.60 Å². The molecule has 0 saturated carbocycles. The first-order chi connectivity index (χ1) is 9.35. The topological polar surface area (TPSA) is 70.6 Å². The quantitative estimate of drug-likeness (QED) is 0.773. The summed E-state index contributed by atoms with van der Waals surface area (Å²) < 4.78 is 5.19. The van der Waals surface area contributed by atoms with Crippen LogP contribution in [0.4, 0.5) is 10.5 Å². The molecule has 1 unspecified atom stereocenters. The lowest BCUT2D eigenvalue weighted by atomic mass is 10.0. The van der Waals surface area contributed by atoms with Crippen LogP contribution < -0.4 is 10.6 Å². The van der Waals surface area contributed by atoms with Gasteiger partial charge in [-0.05, 0) is 38.8 Å². The average molecular weight is 280 g/mol. The molecule has 0 aromatic heterocycles. The average Bonchev–Trinajstić information content (AvgIpc) is 2.36. The summed E-state index contributed by atoms with van der Waals surface area (Å²) in [6.45, 7) is 5.27. The summed E-state index contributed by atoms with van der Waals surface area (Å²) in [6, 6.07) is 7.41. The maximum Gasteiger partial charge on any atom is 0.407 e. The molecule has 0 aliphatic heterocycles. The van der Waals surface area contributed by atoms with Gasteiger partial charge in [0.15, 0.2) is 0 Å². The highest BCUT2D eigenvalue weighted by molar-refractivity contribution is 5.68. The molecule has 1 atom stereocenters. The standard InChI is InChI=1S/C15H24N2O3/c1-15(2,3)20-14(19)17-12(10-18)9-11-7-5-6-8-13(11)16-4/h5-8,12,16,18H,9-10H2,1-4H3,(H,17,19). The highest BCUT2D eigenvalue weighted by Crippen LogP contribution is 2.16. The second-order valence-electron chi connectivity index (χ2n) is 5.64. The summed E-state index contributed by atoms with van der Waals surface area (Å²) in [7, 11) is 1.84. The molecule has 0 aliphatic rings. The van der Waals surface area contributed by atoms with Crippen LogP contribution >= 0.6 is 0 Å². The van der Waals surface area contributed by atoms with Gasteiger partial charge in [-0.25, -0.2) is 4.79 Å². The fourth-order valence-electron chi connectivity index (χ4n) is 1.84. The van der Waals surface area contributed by atoms with E-state index in [1.54, 1.807) is 20.8 Å². The van der Waals surface area contributed by atoms with E-state index in [1.165, 1.54) is 0 Å². The predicted octanol–water partition coefficient (Wildman–Crippen LogP) is 2.16. The van der Waals surface area contributed by atoms with Gasteiger partial charge < -0.3 is 20.5 Å². The maximum absolute atomic E-state index is 11.7. The Morgan fingerprint density at radius 3 is 2.55 bits per heavy atom.